The van der Waals surface area contributed by atoms with E-state index in [0.717, 1.165) is 28.7 Å². The molecule has 3 aromatic rings. The smallest absolute Gasteiger partial charge is 0.183 e. The lowest BCUT2D eigenvalue weighted by Gasteiger charge is -2.02. The summed E-state index contributed by atoms with van der Waals surface area (Å²) in [5, 5.41) is 6.36. The first-order valence-corrected chi connectivity index (χ1v) is 7.61. The van der Waals surface area contributed by atoms with Crippen LogP contribution in [0.5, 0.6) is 5.75 Å². The maximum Gasteiger partial charge on any atom is 0.183 e. The van der Waals surface area contributed by atoms with Crippen LogP contribution >= 0.6 is 11.3 Å². The fraction of sp³-hybridized carbons (Fsp3) is 0.118. The van der Waals surface area contributed by atoms with Crippen molar-refractivity contribution in [2.75, 3.05) is 12.4 Å². The lowest BCUT2D eigenvalue weighted by atomic mass is 10.2. The Hall–Kier alpha value is -2.33. The van der Waals surface area contributed by atoms with Gasteiger partial charge in [0.25, 0.3) is 0 Å². The molecule has 4 heteroatoms. The summed E-state index contributed by atoms with van der Waals surface area (Å²) in [7, 11) is 1.67. The fourth-order valence-electron chi connectivity index (χ4n) is 2.02. The van der Waals surface area contributed by atoms with Crippen LogP contribution in [-0.4, -0.2) is 12.1 Å². The van der Waals surface area contributed by atoms with E-state index in [9.17, 15) is 0 Å². The van der Waals surface area contributed by atoms with Gasteiger partial charge in [-0.1, -0.05) is 30.3 Å². The van der Waals surface area contributed by atoms with Gasteiger partial charge in [0.2, 0.25) is 0 Å². The number of hydrogen-bond acceptors (Lipinski definition) is 4. The van der Waals surface area contributed by atoms with Crippen molar-refractivity contribution in [2.45, 2.75) is 6.54 Å². The largest absolute Gasteiger partial charge is 0.497 e. The minimum Gasteiger partial charge on any atom is -0.497 e. The molecule has 0 saturated heterocycles. The van der Waals surface area contributed by atoms with E-state index in [1.165, 1.54) is 5.56 Å². The first-order chi connectivity index (χ1) is 10.3. The molecule has 0 radical (unpaired) electrons. The van der Waals surface area contributed by atoms with Crippen LogP contribution in [0.4, 0.5) is 5.13 Å². The molecule has 3 rings (SSSR count). The first-order valence-electron chi connectivity index (χ1n) is 6.73. The monoisotopic (exact) mass is 296 g/mol. The van der Waals surface area contributed by atoms with Crippen molar-refractivity contribution in [3.63, 3.8) is 0 Å². The standard InChI is InChI=1S/C17H16N2OS/c1-20-15-9-7-14(8-10-15)16-12-21-17(19-16)18-11-13-5-3-2-4-6-13/h2-10,12H,11H2,1H3,(H,18,19). The SMILES string of the molecule is COc1ccc(-c2csc(NCc3ccccc3)n2)cc1. The molecule has 0 aliphatic rings. The van der Waals surface area contributed by atoms with Crippen molar-refractivity contribution in [3.8, 4) is 17.0 Å². The van der Waals surface area contributed by atoms with E-state index >= 15 is 0 Å². The molecule has 0 bridgehead atoms. The minimum atomic E-state index is 0.788. The van der Waals surface area contributed by atoms with Crippen molar-refractivity contribution in [1.29, 1.82) is 0 Å². The number of nitrogens with one attached hydrogen (secondary N) is 1. The van der Waals surface area contributed by atoms with Crippen molar-refractivity contribution in [3.05, 3.63) is 65.5 Å². The number of nitrogens with zero attached hydrogens (tertiary/aromatic N) is 1. The van der Waals surface area contributed by atoms with E-state index in [2.05, 4.69) is 27.8 Å². The van der Waals surface area contributed by atoms with Crippen LogP contribution in [0.25, 0.3) is 11.3 Å². The topological polar surface area (TPSA) is 34.1 Å². The molecule has 0 aliphatic carbocycles. The van der Waals surface area contributed by atoms with E-state index < -0.39 is 0 Å². The van der Waals surface area contributed by atoms with Gasteiger partial charge in [-0.25, -0.2) is 4.98 Å². The number of rotatable bonds is 5. The molecule has 0 atom stereocenters. The summed E-state index contributed by atoms with van der Waals surface area (Å²) in [6, 6.07) is 18.3. The lowest BCUT2D eigenvalue weighted by molar-refractivity contribution is 0.415. The van der Waals surface area contributed by atoms with Gasteiger partial charge < -0.3 is 10.1 Å². The summed E-state index contributed by atoms with van der Waals surface area (Å²) in [6.07, 6.45) is 0. The summed E-state index contributed by atoms with van der Waals surface area (Å²) in [4.78, 5) is 4.62. The quantitative estimate of drug-likeness (QED) is 0.756. The van der Waals surface area contributed by atoms with Gasteiger partial charge in [0.05, 0.1) is 12.8 Å². The molecule has 0 aliphatic heterocycles. The summed E-state index contributed by atoms with van der Waals surface area (Å²) < 4.78 is 5.17. The maximum atomic E-state index is 5.17. The van der Waals surface area contributed by atoms with Gasteiger partial charge in [-0.15, -0.1) is 11.3 Å². The van der Waals surface area contributed by atoms with Gasteiger partial charge in [0.15, 0.2) is 5.13 Å². The van der Waals surface area contributed by atoms with E-state index in [1.54, 1.807) is 18.4 Å². The van der Waals surface area contributed by atoms with Crippen LogP contribution < -0.4 is 10.1 Å². The van der Waals surface area contributed by atoms with Crippen LogP contribution in [0.2, 0.25) is 0 Å². The van der Waals surface area contributed by atoms with Crippen LogP contribution in [0, 0.1) is 0 Å². The number of ether oxygens (including phenoxy) is 1. The number of aromatic nitrogens is 1. The maximum absolute atomic E-state index is 5.17. The predicted octanol–water partition coefficient (Wildman–Crippen LogP) is 4.43. The zero-order valence-electron chi connectivity index (χ0n) is 11.7. The van der Waals surface area contributed by atoms with Crippen molar-refractivity contribution < 1.29 is 4.74 Å². The zero-order chi connectivity index (χ0) is 14.5. The van der Waals surface area contributed by atoms with Gasteiger partial charge in [-0.2, -0.15) is 0 Å². The fourth-order valence-corrected chi connectivity index (χ4v) is 2.74. The molecular formula is C17H16N2OS. The average molecular weight is 296 g/mol. The molecular weight excluding hydrogens is 280 g/mol. The molecule has 3 nitrogen and oxygen atoms in total. The highest BCUT2D eigenvalue weighted by molar-refractivity contribution is 7.14. The number of benzene rings is 2. The Balaban J connectivity index is 1.68. The van der Waals surface area contributed by atoms with Gasteiger partial charge in [-0.05, 0) is 29.8 Å². The molecule has 0 unspecified atom stereocenters. The Morgan fingerprint density at radius 2 is 1.81 bits per heavy atom. The summed E-state index contributed by atoms with van der Waals surface area (Å²) in [6.45, 7) is 0.788. The van der Waals surface area contributed by atoms with Gasteiger partial charge >= 0.3 is 0 Å². The second kappa shape index (κ2) is 6.41. The summed E-state index contributed by atoms with van der Waals surface area (Å²) in [5.74, 6) is 0.858. The number of anilines is 1. The minimum absolute atomic E-state index is 0.788. The highest BCUT2D eigenvalue weighted by atomic mass is 32.1. The Bertz CT molecular complexity index is 692. The molecule has 0 spiro atoms. The predicted molar refractivity (Wildman–Crippen MR) is 87.9 cm³/mol. The Morgan fingerprint density at radius 3 is 2.52 bits per heavy atom. The second-order valence-corrected chi connectivity index (χ2v) is 5.46. The van der Waals surface area contributed by atoms with Gasteiger partial charge in [-0.3, -0.25) is 0 Å². The van der Waals surface area contributed by atoms with E-state index in [4.69, 9.17) is 4.74 Å². The van der Waals surface area contributed by atoms with E-state index in [0.29, 0.717) is 0 Å². The molecule has 21 heavy (non-hydrogen) atoms. The Labute approximate surface area is 128 Å². The molecule has 2 aromatic carbocycles. The molecule has 1 aromatic heterocycles. The molecule has 0 fully saturated rings. The van der Waals surface area contributed by atoms with Crippen molar-refractivity contribution in [2.24, 2.45) is 0 Å². The van der Waals surface area contributed by atoms with Crippen molar-refractivity contribution in [1.82, 2.24) is 4.98 Å². The Morgan fingerprint density at radius 1 is 1.05 bits per heavy atom. The number of hydrogen-bond donors (Lipinski definition) is 1. The molecule has 0 amide bonds. The third-order valence-electron chi connectivity index (χ3n) is 3.18. The summed E-state index contributed by atoms with van der Waals surface area (Å²) >= 11 is 1.62. The van der Waals surface area contributed by atoms with Crippen LogP contribution in [0.1, 0.15) is 5.56 Å². The van der Waals surface area contributed by atoms with Gasteiger partial charge in [0, 0.05) is 17.5 Å². The third kappa shape index (κ3) is 3.41. The normalized spacial score (nSPS) is 10.3. The molecule has 1 N–H and O–H groups in total. The highest BCUT2D eigenvalue weighted by Crippen LogP contribution is 2.26. The highest BCUT2D eigenvalue weighted by Gasteiger charge is 2.04. The average Bonchev–Trinajstić information content (AvgIpc) is 3.03. The first kappa shape index (κ1) is 13.6. The summed E-state index contributed by atoms with van der Waals surface area (Å²) in [5.41, 5.74) is 3.33. The van der Waals surface area contributed by atoms with Crippen LogP contribution in [0.15, 0.2) is 60.0 Å². The molecule has 0 saturated carbocycles. The zero-order valence-corrected chi connectivity index (χ0v) is 12.6. The van der Waals surface area contributed by atoms with Gasteiger partial charge in [0.1, 0.15) is 5.75 Å². The Kier molecular flexibility index (Phi) is 4.17. The number of methoxy groups -OCH3 is 1. The molecule has 106 valence electrons. The molecule has 1 heterocycles. The van der Waals surface area contributed by atoms with E-state index in [1.807, 2.05) is 42.5 Å². The lowest BCUT2D eigenvalue weighted by Crippen LogP contribution is -1.98. The second-order valence-electron chi connectivity index (χ2n) is 4.61. The van der Waals surface area contributed by atoms with E-state index in [-0.39, 0.29) is 0 Å². The van der Waals surface area contributed by atoms with Crippen LogP contribution in [0.3, 0.4) is 0 Å². The number of thiazole rings is 1. The third-order valence-corrected chi connectivity index (χ3v) is 3.98. The van der Waals surface area contributed by atoms with Crippen LogP contribution in [-0.2, 0) is 6.54 Å². The van der Waals surface area contributed by atoms with Crippen molar-refractivity contribution >= 4 is 16.5 Å².